The van der Waals surface area contributed by atoms with Crippen molar-refractivity contribution in [2.45, 2.75) is 24.5 Å². The minimum absolute atomic E-state index is 0.135. The highest BCUT2D eigenvalue weighted by Gasteiger charge is 2.61. The van der Waals surface area contributed by atoms with Crippen LogP contribution in [0.4, 0.5) is 13.2 Å². The van der Waals surface area contributed by atoms with Gasteiger partial charge in [0.25, 0.3) is 5.79 Å². The van der Waals surface area contributed by atoms with Crippen LogP contribution in [0.25, 0.3) is 0 Å². The van der Waals surface area contributed by atoms with E-state index in [1.165, 1.54) is 24.3 Å². The Bertz CT molecular complexity index is 656. The average Bonchev–Trinajstić information content (AvgIpc) is 2.54. The second-order valence-electron chi connectivity index (χ2n) is 5.23. The summed E-state index contributed by atoms with van der Waals surface area (Å²) in [4.78, 5) is 0. The second kappa shape index (κ2) is 6.11. The van der Waals surface area contributed by atoms with Gasteiger partial charge >= 0.3 is 6.18 Å². The smallest absolute Gasteiger partial charge is 0.358 e. The highest BCUT2D eigenvalue weighted by molar-refractivity contribution is 7.79. The van der Waals surface area contributed by atoms with E-state index in [2.05, 4.69) is 0 Å². The van der Waals surface area contributed by atoms with Crippen molar-refractivity contribution in [3.8, 4) is 0 Å². The molecule has 0 aromatic heterocycles. The maximum Gasteiger partial charge on any atom is 0.443 e. The Morgan fingerprint density at radius 1 is 0.870 bits per heavy atom. The largest absolute Gasteiger partial charge is 0.443 e. The van der Waals surface area contributed by atoms with Crippen molar-refractivity contribution in [3.63, 3.8) is 0 Å². The summed E-state index contributed by atoms with van der Waals surface area (Å²) in [6.45, 7) is 0.939. The van der Waals surface area contributed by atoms with E-state index in [4.69, 9.17) is 0 Å². The molecule has 0 saturated heterocycles. The molecule has 0 radical (unpaired) electrons. The van der Waals surface area contributed by atoms with Gasteiger partial charge in [0, 0.05) is 10.6 Å². The summed E-state index contributed by atoms with van der Waals surface area (Å²) in [5, 5.41) is 19.5. The molecule has 0 bridgehead atoms. The van der Waals surface area contributed by atoms with Crippen LogP contribution in [0.2, 0.25) is 0 Å². The van der Waals surface area contributed by atoms with E-state index in [1.54, 1.807) is 36.4 Å². The molecule has 124 valence electrons. The summed E-state index contributed by atoms with van der Waals surface area (Å²) in [6, 6.07) is 15.2. The van der Waals surface area contributed by atoms with Gasteiger partial charge in [-0.05, 0) is 6.92 Å². The van der Waals surface area contributed by atoms with Crippen molar-refractivity contribution in [2.24, 2.45) is 0 Å². The Labute approximate surface area is 131 Å². The van der Waals surface area contributed by atoms with Gasteiger partial charge in [-0.2, -0.15) is 13.2 Å². The first kappa shape index (κ1) is 17.7. The van der Waals surface area contributed by atoms with Crippen LogP contribution in [-0.2, 0) is 4.57 Å². The molecule has 0 spiro atoms. The maximum absolute atomic E-state index is 13.6. The predicted octanol–water partition coefficient (Wildman–Crippen LogP) is 2.63. The van der Waals surface area contributed by atoms with Gasteiger partial charge in [-0.25, -0.2) is 0 Å². The molecule has 2 rings (SSSR count). The van der Waals surface area contributed by atoms with Crippen molar-refractivity contribution in [1.82, 2.24) is 0 Å². The van der Waals surface area contributed by atoms with E-state index in [0.29, 0.717) is 0 Å². The lowest BCUT2D eigenvalue weighted by molar-refractivity contribution is -0.347. The van der Waals surface area contributed by atoms with Crippen LogP contribution in [0.1, 0.15) is 6.92 Å². The maximum atomic E-state index is 13.6. The van der Waals surface area contributed by atoms with Crippen molar-refractivity contribution >= 4 is 17.8 Å². The minimum atomic E-state index is -5.33. The molecule has 2 N–H and O–H groups in total. The fourth-order valence-corrected chi connectivity index (χ4v) is 5.46. The Morgan fingerprint density at radius 2 is 1.22 bits per heavy atom. The monoisotopic (exact) mass is 344 g/mol. The Hall–Kier alpha value is -1.62. The third-order valence-corrected chi connectivity index (χ3v) is 7.41. The number of hydrogen-bond donors (Lipinski definition) is 2. The van der Waals surface area contributed by atoms with Crippen molar-refractivity contribution in [2.75, 3.05) is 0 Å². The zero-order valence-corrected chi connectivity index (χ0v) is 13.1. The molecular formula is C16H16F3O3P. The number of aliphatic hydroxyl groups is 2. The van der Waals surface area contributed by atoms with Crippen LogP contribution < -0.4 is 10.6 Å². The minimum Gasteiger partial charge on any atom is -0.358 e. The van der Waals surface area contributed by atoms with Crippen LogP contribution in [0.15, 0.2) is 60.7 Å². The standard InChI is InChI=1S/C16H16F3O3P/c1-12(15(20,21)16(17,18)19)23(22,13-8-4-2-5-9-13)14-10-6-3-7-11-14/h2-12,20-21H,1H3. The van der Waals surface area contributed by atoms with Crippen LogP contribution in [0.3, 0.4) is 0 Å². The first-order valence-electron chi connectivity index (χ1n) is 6.84. The van der Waals surface area contributed by atoms with Gasteiger partial charge in [-0.3, -0.25) is 0 Å². The lowest BCUT2D eigenvalue weighted by Crippen LogP contribution is -2.55. The van der Waals surface area contributed by atoms with Crippen molar-refractivity contribution < 1.29 is 27.9 Å². The fourth-order valence-electron chi connectivity index (χ4n) is 2.39. The molecule has 3 nitrogen and oxygen atoms in total. The molecule has 0 amide bonds. The molecule has 0 aliphatic carbocycles. The Morgan fingerprint density at radius 3 is 1.52 bits per heavy atom. The highest BCUT2D eigenvalue weighted by Crippen LogP contribution is 2.54. The molecule has 1 unspecified atom stereocenters. The van der Waals surface area contributed by atoms with E-state index >= 15 is 0 Å². The van der Waals surface area contributed by atoms with E-state index in [0.717, 1.165) is 6.92 Å². The number of halogens is 3. The molecule has 2 aromatic carbocycles. The van der Waals surface area contributed by atoms with Crippen LogP contribution in [0, 0.1) is 0 Å². The Kier molecular flexibility index (Phi) is 4.71. The number of hydrogen-bond acceptors (Lipinski definition) is 3. The molecule has 1 atom stereocenters. The summed E-state index contributed by atoms with van der Waals surface area (Å²) in [7, 11) is -3.95. The number of benzene rings is 2. The van der Waals surface area contributed by atoms with Gasteiger partial charge in [0.15, 0.2) is 7.14 Å². The van der Waals surface area contributed by atoms with Gasteiger partial charge in [-0.15, -0.1) is 0 Å². The van der Waals surface area contributed by atoms with E-state index < -0.39 is 24.8 Å². The molecule has 0 aliphatic heterocycles. The molecule has 23 heavy (non-hydrogen) atoms. The third-order valence-electron chi connectivity index (χ3n) is 3.82. The van der Waals surface area contributed by atoms with E-state index in [1.807, 2.05) is 0 Å². The zero-order chi connectivity index (χ0) is 17.3. The SMILES string of the molecule is CC(C(O)(O)C(F)(F)F)P(=O)(c1ccccc1)c1ccccc1. The van der Waals surface area contributed by atoms with Gasteiger partial charge in [-0.1, -0.05) is 60.7 Å². The fraction of sp³-hybridized carbons (Fsp3) is 0.250. The number of rotatable bonds is 4. The zero-order valence-electron chi connectivity index (χ0n) is 12.2. The summed E-state index contributed by atoms with van der Waals surface area (Å²) in [6.07, 6.45) is -5.33. The van der Waals surface area contributed by atoms with E-state index in [9.17, 15) is 27.9 Å². The first-order chi connectivity index (χ1) is 10.6. The molecule has 2 aromatic rings. The Balaban J connectivity index is 2.68. The molecule has 0 heterocycles. The lowest BCUT2D eigenvalue weighted by atomic mass is 10.2. The van der Waals surface area contributed by atoms with Crippen molar-refractivity contribution in [3.05, 3.63) is 60.7 Å². The summed E-state index contributed by atoms with van der Waals surface area (Å²) in [5.74, 6) is -4.08. The third kappa shape index (κ3) is 3.07. The molecular weight excluding hydrogens is 328 g/mol. The van der Waals surface area contributed by atoms with Crippen LogP contribution in [0.5, 0.6) is 0 Å². The second-order valence-corrected chi connectivity index (χ2v) is 8.35. The molecule has 0 saturated carbocycles. The van der Waals surface area contributed by atoms with E-state index in [-0.39, 0.29) is 10.6 Å². The van der Waals surface area contributed by atoms with Gasteiger partial charge in [0.05, 0.1) is 5.66 Å². The van der Waals surface area contributed by atoms with Crippen LogP contribution >= 0.6 is 7.14 Å². The predicted molar refractivity (Wildman–Crippen MR) is 82.4 cm³/mol. The summed E-state index contributed by atoms with van der Waals surface area (Å²) in [5.41, 5.74) is -1.97. The average molecular weight is 344 g/mol. The molecule has 0 aliphatic rings. The lowest BCUT2D eigenvalue weighted by Gasteiger charge is -2.36. The summed E-state index contributed by atoms with van der Waals surface area (Å²) >= 11 is 0. The van der Waals surface area contributed by atoms with Gasteiger partial charge in [0.1, 0.15) is 0 Å². The molecule has 0 fully saturated rings. The van der Waals surface area contributed by atoms with Gasteiger partial charge in [0.2, 0.25) is 0 Å². The first-order valence-corrected chi connectivity index (χ1v) is 8.62. The summed E-state index contributed by atoms with van der Waals surface area (Å²) < 4.78 is 52.7. The molecule has 7 heteroatoms. The number of alkyl halides is 3. The quantitative estimate of drug-likeness (QED) is 0.662. The van der Waals surface area contributed by atoms with Crippen molar-refractivity contribution in [1.29, 1.82) is 0 Å². The highest BCUT2D eigenvalue weighted by atomic mass is 31.2. The van der Waals surface area contributed by atoms with Gasteiger partial charge < -0.3 is 14.8 Å². The topological polar surface area (TPSA) is 57.5 Å². The van der Waals surface area contributed by atoms with Crippen LogP contribution in [-0.4, -0.2) is 27.8 Å². The normalized spacial score (nSPS) is 14.5.